The Morgan fingerprint density at radius 1 is 0.957 bits per heavy atom. The van der Waals surface area contributed by atoms with Gasteiger partial charge in [0.1, 0.15) is 0 Å². The zero-order valence-corrected chi connectivity index (χ0v) is 13.7. The molecule has 2 aromatic carbocycles. The fourth-order valence-electron chi connectivity index (χ4n) is 2.53. The third kappa shape index (κ3) is 4.42. The summed E-state index contributed by atoms with van der Waals surface area (Å²) in [5, 5.41) is 5.56. The van der Waals surface area contributed by atoms with Crippen molar-refractivity contribution in [1.29, 1.82) is 0 Å². The van der Waals surface area contributed by atoms with Gasteiger partial charge in [-0.15, -0.1) is 0 Å². The molecule has 0 aliphatic heterocycles. The quantitative estimate of drug-likeness (QED) is 0.892. The molecule has 0 aromatic heterocycles. The van der Waals surface area contributed by atoms with Crippen molar-refractivity contribution in [2.75, 3.05) is 6.54 Å². The topological polar surface area (TPSA) is 58.2 Å². The standard InChI is InChI=1S/C19H22N2O2/c1-13-8-4-6-10-16(13)15(3)21-18(22)12-20-19(23)17-11-7-5-9-14(17)2/h4-11,15H,12H2,1-3H3,(H,20,23)(H,21,22). The molecule has 2 amide bonds. The van der Waals surface area contributed by atoms with Crippen LogP contribution in [-0.2, 0) is 4.79 Å². The van der Waals surface area contributed by atoms with Crippen molar-refractivity contribution < 1.29 is 9.59 Å². The second kappa shape index (κ2) is 7.58. The third-order valence-electron chi connectivity index (χ3n) is 3.83. The maximum absolute atomic E-state index is 12.1. The van der Waals surface area contributed by atoms with Gasteiger partial charge >= 0.3 is 0 Å². The van der Waals surface area contributed by atoms with Gasteiger partial charge in [-0.25, -0.2) is 0 Å². The van der Waals surface area contributed by atoms with E-state index in [4.69, 9.17) is 0 Å². The predicted octanol–water partition coefficient (Wildman–Crippen LogP) is 2.91. The lowest BCUT2D eigenvalue weighted by atomic mass is 10.0. The van der Waals surface area contributed by atoms with Gasteiger partial charge in [0.25, 0.3) is 5.91 Å². The van der Waals surface area contributed by atoms with Gasteiger partial charge in [0, 0.05) is 5.56 Å². The Bertz CT molecular complexity index is 710. The molecule has 4 nitrogen and oxygen atoms in total. The van der Waals surface area contributed by atoms with Crippen LogP contribution in [0.15, 0.2) is 48.5 Å². The van der Waals surface area contributed by atoms with Crippen molar-refractivity contribution in [3.63, 3.8) is 0 Å². The summed E-state index contributed by atoms with van der Waals surface area (Å²) in [5.41, 5.74) is 3.68. The second-order valence-corrected chi connectivity index (χ2v) is 5.64. The van der Waals surface area contributed by atoms with Crippen LogP contribution in [0.1, 0.15) is 40.0 Å². The Kier molecular flexibility index (Phi) is 5.52. The lowest BCUT2D eigenvalue weighted by Crippen LogP contribution is -2.38. The summed E-state index contributed by atoms with van der Waals surface area (Å²) in [4.78, 5) is 24.1. The molecule has 0 aliphatic carbocycles. The van der Waals surface area contributed by atoms with Gasteiger partial charge in [-0.1, -0.05) is 42.5 Å². The van der Waals surface area contributed by atoms with Gasteiger partial charge in [0.15, 0.2) is 0 Å². The number of rotatable bonds is 5. The van der Waals surface area contributed by atoms with Crippen molar-refractivity contribution in [2.45, 2.75) is 26.8 Å². The number of nitrogens with one attached hydrogen (secondary N) is 2. The maximum Gasteiger partial charge on any atom is 0.251 e. The van der Waals surface area contributed by atoms with Gasteiger partial charge < -0.3 is 10.6 Å². The third-order valence-corrected chi connectivity index (χ3v) is 3.83. The van der Waals surface area contributed by atoms with Gasteiger partial charge in [-0.2, -0.15) is 0 Å². The summed E-state index contributed by atoms with van der Waals surface area (Å²) in [6, 6.07) is 15.1. The number of hydrogen-bond acceptors (Lipinski definition) is 2. The van der Waals surface area contributed by atoms with Crippen LogP contribution in [0.5, 0.6) is 0 Å². The highest BCUT2D eigenvalue weighted by atomic mass is 16.2. The van der Waals surface area contributed by atoms with E-state index in [1.807, 2.05) is 63.2 Å². The van der Waals surface area contributed by atoms with Crippen molar-refractivity contribution in [2.24, 2.45) is 0 Å². The van der Waals surface area contributed by atoms with E-state index in [-0.39, 0.29) is 24.4 Å². The molecule has 1 atom stereocenters. The van der Waals surface area contributed by atoms with Crippen LogP contribution in [0, 0.1) is 13.8 Å². The molecule has 2 aromatic rings. The van der Waals surface area contributed by atoms with Crippen LogP contribution in [0.3, 0.4) is 0 Å². The monoisotopic (exact) mass is 310 g/mol. The molecule has 0 radical (unpaired) electrons. The molecule has 1 unspecified atom stereocenters. The van der Waals surface area contributed by atoms with E-state index in [1.165, 1.54) is 0 Å². The smallest absolute Gasteiger partial charge is 0.251 e. The summed E-state index contributed by atoms with van der Waals surface area (Å²) < 4.78 is 0. The second-order valence-electron chi connectivity index (χ2n) is 5.64. The first-order valence-corrected chi connectivity index (χ1v) is 7.67. The first-order chi connectivity index (χ1) is 11.0. The largest absolute Gasteiger partial charge is 0.348 e. The predicted molar refractivity (Wildman–Crippen MR) is 91.2 cm³/mol. The van der Waals surface area contributed by atoms with Gasteiger partial charge in [-0.05, 0) is 43.5 Å². The maximum atomic E-state index is 12.1. The molecule has 0 saturated heterocycles. The van der Waals surface area contributed by atoms with E-state index in [2.05, 4.69) is 10.6 Å². The number of carbonyl (C=O) groups is 2. The molecule has 0 heterocycles. The molecule has 23 heavy (non-hydrogen) atoms. The number of benzene rings is 2. The van der Waals surface area contributed by atoms with E-state index in [9.17, 15) is 9.59 Å². The van der Waals surface area contributed by atoms with Gasteiger partial charge in [-0.3, -0.25) is 9.59 Å². The molecule has 4 heteroatoms. The lowest BCUT2D eigenvalue weighted by Gasteiger charge is -2.17. The molecule has 0 saturated carbocycles. The summed E-state index contributed by atoms with van der Waals surface area (Å²) in [7, 11) is 0. The zero-order chi connectivity index (χ0) is 16.8. The Morgan fingerprint density at radius 2 is 1.57 bits per heavy atom. The highest BCUT2D eigenvalue weighted by Gasteiger charge is 2.13. The van der Waals surface area contributed by atoms with Crippen molar-refractivity contribution >= 4 is 11.8 Å². The Balaban J connectivity index is 1.89. The summed E-state index contributed by atoms with van der Waals surface area (Å²) >= 11 is 0. The number of amides is 2. The molecule has 120 valence electrons. The molecule has 0 aliphatic rings. The lowest BCUT2D eigenvalue weighted by molar-refractivity contribution is -0.120. The number of aryl methyl sites for hydroxylation is 2. The average molecular weight is 310 g/mol. The first kappa shape index (κ1) is 16.7. The Labute approximate surface area is 136 Å². The average Bonchev–Trinajstić information content (AvgIpc) is 2.53. The van der Waals surface area contributed by atoms with Crippen molar-refractivity contribution in [3.8, 4) is 0 Å². The first-order valence-electron chi connectivity index (χ1n) is 7.67. The van der Waals surface area contributed by atoms with E-state index < -0.39 is 0 Å². The van der Waals surface area contributed by atoms with Crippen LogP contribution >= 0.6 is 0 Å². The van der Waals surface area contributed by atoms with Crippen LogP contribution in [0.25, 0.3) is 0 Å². The SMILES string of the molecule is Cc1ccccc1C(=O)NCC(=O)NC(C)c1ccccc1C. The van der Waals surface area contributed by atoms with E-state index in [1.54, 1.807) is 6.07 Å². The summed E-state index contributed by atoms with van der Waals surface area (Å²) in [5.74, 6) is -0.440. The Morgan fingerprint density at radius 3 is 2.22 bits per heavy atom. The molecule has 0 bridgehead atoms. The van der Waals surface area contributed by atoms with Gasteiger partial charge in [0.05, 0.1) is 12.6 Å². The van der Waals surface area contributed by atoms with E-state index in [0.29, 0.717) is 5.56 Å². The molecular weight excluding hydrogens is 288 g/mol. The number of carbonyl (C=O) groups excluding carboxylic acids is 2. The number of hydrogen-bond donors (Lipinski definition) is 2. The fraction of sp³-hybridized carbons (Fsp3) is 0.263. The minimum Gasteiger partial charge on any atom is -0.348 e. The van der Waals surface area contributed by atoms with Crippen LogP contribution in [-0.4, -0.2) is 18.4 Å². The molecule has 0 spiro atoms. The van der Waals surface area contributed by atoms with E-state index in [0.717, 1.165) is 16.7 Å². The minimum atomic E-state index is -0.234. The highest BCUT2D eigenvalue weighted by molar-refractivity contribution is 5.97. The zero-order valence-electron chi connectivity index (χ0n) is 13.7. The normalized spacial score (nSPS) is 11.6. The van der Waals surface area contributed by atoms with Crippen LogP contribution in [0.4, 0.5) is 0 Å². The van der Waals surface area contributed by atoms with Crippen LogP contribution in [0.2, 0.25) is 0 Å². The van der Waals surface area contributed by atoms with Gasteiger partial charge in [0.2, 0.25) is 5.91 Å². The van der Waals surface area contributed by atoms with E-state index >= 15 is 0 Å². The minimum absolute atomic E-state index is 0.0383. The molecule has 2 rings (SSSR count). The summed E-state index contributed by atoms with van der Waals surface area (Å²) in [6.45, 7) is 5.78. The van der Waals surface area contributed by atoms with Crippen molar-refractivity contribution in [1.82, 2.24) is 10.6 Å². The highest BCUT2D eigenvalue weighted by Crippen LogP contribution is 2.16. The summed E-state index contributed by atoms with van der Waals surface area (Å²) in [6.07, 6.45) is 0. The van der Waals surface area contributed by atoms with Crippen molar-refractivity contribution in [3.05, 3.63) is 70.8 Å². The molecular formula is C19H22N2O2. The Hall–Kier alpha value is -2.62. The molecule has 2 N–H and O–H groups in total. The fourth-order valence-corrected chi connectivity index (χ4v) is 2.53. The molecule has 0 fully saturated rings. The van der Waals surface area contributed by atoms with Crippen LogP contribution < -0.4 is 10.6 Å².